The SMILES string of the molecule is CCCCCCCCCCC(CCCCCCCCCC)c1[nH]cc[n+]1C. The summed E-state index contributed by atoms with van der Waals surface area (Å²) in [7, 11) is 2.19. The van der Waals surface area contributed by atoms with E-state index in [1.165, 1.54) is 121 Å². The van der Waals surface area contributed by atoms with Gasteiger partial charge >= 0.3 is 0 Å². The molecule has 0 saturated heterocycles. The molecule has 0 spiro atoms. The molecule has 158 valence electrons. The van der Waals surface area contributed by atoms with Gasteiger partial charge in [-0.15, -0.1) is 0 Å². The van der Waals surface area contributed by atoms with Gasteiger partial charge in [0.2, 0.25) is 0 Å². The number of imidazole rings is 1. The molecule has 1 aromatic heterocycles. The molecule has 2 nitrogen and oxygen atoms in total. The third-order valence-corrected chi connectivity index (χ3v) is 6.11. The number of H-pyrrole nitrogens is 1. The van der Waals surface area contributed by atoms with Crippen LogP contribution in [0.3, 0.4) is 0 Å². The van der Waals surface area contributed by atoms with Crippen molar-refractivity contribution in [2.24, 2.45) is 7.05 Å². The zero-order valence-corrected chi connectivity index (χ0v) is 18.9. The molecule has 0 amide bonds. The lowest BCUT2D eigenvalue weighted by Crippen LogP contribution is -2.32. The first-order chi connectivity index (χ1) is 13.3. The van der Waals surface area contributed by atoms with Crippen LogP contribution in [-0.2, 0) is 7.05 Å². The van der Waals surface area contributed by atoms with Crippen LogP contribution >= 0.6 is 0 Å². The average molecular weight is 378 g/mol. The van der Waals surface area contributed by atoms with Crippen LogP contribution in [0.15, 0.2) is 12.4 Å². The van der Waals surface area contributed by atoms with Crippen molar-refractivity contribution >= 4 is 0 Å². The molecule has 0 unspecified atom stereocenters. The molecule has 0 fully saturated rings. The van der Waals surface area contributed by atoms with Gasteiger partial charge in [0.05, 0.1) is 13.0 Å². The van der Waals surface area contributed by atoms with E-state index in [2.05, 4.69) is 42.8 Å². The molecule has 0 atom stereocenters. The lowest BCUT2D eigenvalue weighted by molar-refractivity contribution is -0.679. The summed E-state index contributed by atoms with van der Waals surface area (Å²) >= 11 is 0. The number of nitrogens with one attached hydrogen (secondary N) is 1. The van der Waals surface area contributed by atoms with Gasteiger partial charge in [-0.1, -0.05) is 117 Å². The highest BCUT2D eigenvalue weighted by Crippen LogP contribution is 2.26. The first kappa shape index (κ1) is 24.2. The van der Waals surface area contributed by atoms with E-state index in [0.717, 1.165) is 5.92 Å². The Morgan fingerprint density at radius 1 is 0.667 bits per heavy atom. The van der Waals surface area contributed by atoms with Crippen molar-refractivity contribution in [3.05, 3.63) is 18.2 Å². The molecule has 1 aromatic rings. The van der Waals surface area contributed by atoms with Crippen molar-refractivity contribution < 1.29 is 4.57 Å². The Hall–Kier alpha value is -0.790. The van der Waals surface area contributed by atoms with Gasteiger partial charge in [-0.05, 0) is 12.8 Å². The molecule has 27 heavy (non-hydrogen) atoms. The zero-order chi connectivity index (χ0) is 19.6. The number of aryl methyl sites for hydroxylation is 1. The monoisotopic (exact) mass is 377 g/mol. The number of aromatic amines is 1. The summed E-state index contributed by atoms with van der Waals surface area (Å²) in [6, 6.07) is 0. The number of hydrogen-bond donors (Lipinski definition) is 1. The maximum Gasteiger partial charge on any atom is 0.257 e. The van der Waals surface area contributed by atoms with Crippen LogP contribution in [0, 0.1) is 0 Å². The van der Waals surface area contributed by atoms with E-state index in [9.17, 15) is 0 Å². The first-order valence-electron chi connectivity index (χ1n) is 12.3. The van der Waals surface area contributed by atoms with Gasteiger partial charge in [-0.25, -0.2) is 9.55 Å². The highest BCUT2D eigenvalue weighted by Gasteiger charge is 2.20. The maximum absolute atomic E-state index is 3.52. The Morgan fingerprint density at radius 3 is 1.44 bits per heavy atom. The van der Waals surface area contributed by atoms with E-state index >= 15 is 0 Å². The van der Waals surface area contributed by atoms with E-state index in [4.69, 9.17) is 0 Å². The Labute approximate surface area is 170 Å². The predicted octanol–water partition coefficient (Wildman–Crippen LogP) is 7.98. The molecule has 2 heteroatoms. The van der Waals surface area contributed by atoms with Crippen LogP contribution in [0.2, 0.25) is 0 Å². The fourth-order valence-electron chi connectivity index (χ4n) is 4.29. The van der Waals surface area contributed by atoms with Gasteiger partial charge in [-0.2, -0.15) is 0 Å². The number of unbranched alkanes of at least 4 members (excludes halogenated alkanes) is 14. The average Bonchev–Trinajstić information content (AvgIpc) is 3.10. The molecule has 0 aromatic carbocycles. The maximum atomic E-state index is 3.52. The minimum absolute atomic E-state index is 0.727. The number of rotatable bonds is 19. The Kier molecular flexibility index (Phi) is 15.6. The third kappa shape index (κ3) is 12.3. The molecular formula is C25H49N2+. The van der Waals surface area contributed by atoms with Crippen LogP contribution < -0.4 is 4.57 Å². The van der Waals surface area contributed by atoms with Gasteiger partial charge in [0, 0.05) is 0 Å². The van der Waals surface area contributed by atoms with E-state index < -0.39 is 0 Å². The summed E-state index contributed by atoms with van der Waals surface area (Å²) in [4.78, 5) is 3.52. The fourth-order valence-corrected chi connectivity index (χ4v) is 4.29. The van der Waals surface area contributed by atoms with Gasteiger partial charge in [0.1, 0.15) is 12.4 Å². The third-order valence-electron chi connectivity index (χ3n) is 6.11. The van der Waals surface area contributed by atoms with Crippen molar-refractivity contribution in [2.75, 3.05) is 0 Å². The smallest absolute Gasteiger partial charge is 0.247 e. The second kappa shape index (κ2) is 17.3. The lowest BCUT2D eigenvalue weighted by Gasteiger charge is -2.13. The molecule has 1 N–H and O–H groups in total. The minimum Gasteiger partial charge on any atom is -0.247 e. The standard InChI is InChI=1S/C25H48N2/c1-4-6-8-10-12-14-16-18-20-24(25-26-22-23-27(25)3)21-19-17-15-13-11-9-7-5-2/h22-24H,4-21H2,1-3H3/p+1. The summed E-state index contributed by atoms with van der Waals surface area (Å²) in [5, 5.41) is 0. The highest BCUT2D eigenvalue weighted by molar-refractivity contribution is 4.89. The zero-order valence-electron chi connectivity index (χ0n) is 18.9. The number of aromatic nitrogens is 2. The second-order valence-electron chi connectivity index (χ2n) is 8.68. The van der Waals surface area contributed by atoms with E-state index in [1.807, 2.05) is 0 Å². The van der Waals surface area contributed by atoms with E-state index in [-0.39, 0.29) is 0 Å². The highest BCUT2D eigenvalue weighted by atomic mass is 15.0. The van der Waals surface area contributed by atoms with Crippen LogP contribution in [0.5, 0.6) is 0 Å². The van der Waals surface area contributed by atoms with Crippen molar-refractivity contribution in [3.8, 4) is 0 Å². The quantitative estimate of drug-likeness (QED) is 0.186. The van der Waals surface area contributed by atoms with Crippen LogP contribution in [0.25, 0.3) is 0 Å². The van der Waals surface area contributed by atoms with Crippen molar-refractivity contribution in [1.82, 2.24) is 4.98 Å². The summed E-state index contributed by atoms with van der Waals surface area (Å²) in [5.41, 5.74) is 0. The molecule has 0 aliphatic heterocycles. The molecule has 0 radical (unpaired) electrons. The topological polar surface area (TPSA) is 19.7 Å². The summed E-state index contributed by atoms with van der Waals surface area (Å²) in [5.74, 6) is 2.17. The van der Waals surface area contributed by atoms with Crippen molar-refractivity contribution in [2.45, 2.75) is 135 Å². The molecule has 0 saturated carbocycles. The van der Waals surface area contributed by atoms with Gasteiger partial charge in [0.15, 0.2) is 0 Å². The van der Waals surface area contributed by atoms with Crippen LogP contribution in [-0.4, -0.2) is 4.98 Å². The Morgan fingerprint density at radius 2 is 1.07 bits per heavy atom. The fraction of sp³-hybridized carbons (Fsp3) is 0.880. The van der Waals surface area contributed by atoms with E-state index in [0.29, 0.717) is 0 Å². The first-order valence-corrected chi connectivity index (χ1v) is 12.3. The minimum atomic E-state index is 0.727. The van der Waals surface area contributed by atoms with Gasteiger partial charge < -0.3 is 0 Å². The second-order valence-corrected chi connectivity index (χ2v) is 8.68. The Balaban J connectivity index is 2.18. The van der Waals surface area contributed by atoms with Crippen molar-refractivity contribution in [1.29, 1.82) is 0 Å². The summed E-state index contributed by atoms with van der Waals surface area (Å²) in [6.45, 7) is 4.60. The summed E-state index contributed by atoms with van der Waals surface area (Å²) in [6.07, 6.45) is 29.7. The van der Waals surface area contributed by atoms with E-state index in [1.54, 1.807) is 0 Å². The Bertz CT molecular complexity index is 404. The largest absolute Gasteiger partial charge is 0.257 e. The van der Waals surface area contributed by atoms with Crippen LogP contribution in [0.1, 0.15) is 141 Å². The van der Waals surface area contributed by atoms with Crippen molar-refractivity contribution in [3.63, 3.8) is 0 Å². The summed E-state index contributed by atoms with van der Waals surface area (Å²) < 4.78 is 2.31. The molecule has 0 aliphatic rings. The lowest BCUT2D eigenvalue weighted by atomic mass is 9.93. The number of hydrogen-bond acceptors (Lipinski definition) is 0. The van der Waals surface area contributed by atoms with Gasteiger partial charge in [0.25, 0.3) is 5.82 Å². The molecule has 1 rings (SSSR count). The molecular weight excluding hydrogens is 328 g/mol. The molecule has 0 aliphatic carbocycles. The number of nitrogens with zero attached hydrogens (tertiary/aromatic N) is 1. The molecule has 1 heterocycles. The molecule has 0 bridgehead atoms. The van der Waals surface area contributed by atoms with Crippen LogP contribution in [0.4, 0.5) is 0 Å². The normalized spacial score (nSPS) is 11.6. The van der Waals surface area contributed by atoms with Gasteiger partial charge in [-0.3, -0.25) is 0 Å². The predicted molar refractivity (Wildman–Crippen MR) is 119 cm³/mol.